The molecule has 1 fully saturated rings. The van der Waals surface area contributed by atoms with Gasteiger partial charge in [0.05, 0.1) is 34.8 Å². The van der Waals surface area contributed by atoms with Crippen molar-refractivity contribution in [3.63, 3.8) is 0 Å². The fourth-order valence-electron chi connectivity index (χ4n) is 3.09. The standard InChI is InChI=1S/C20H21N3O3S2/c1-15-20(22-19-8-3-2-7-18(19)21-15)27-14-16-5-4-6-17(13-16)28(24,25)23-9-11-26-12-10-23/h2-8,13H,9-12,14H2,1H3. The second kappa shape index (κ2) is 8.16. The molecule has 2 aromatic carbocycles. The van der Waals surface area contributed by atoms with E-state index in [1.807, 2.05) is 37.3 Å². The van der Waals surface area contributed by atoms with Crippen LogP contribution < -0.4 is 0 Å². The molecule has 146 valence electrons. The highest BCUT2D eigenvalue weighted by Gasteiger charge is 2.26. The summed E-state index contributed by atoms with van der Waals surface area (Å²) in [5.74, 6) is 0.625. The Bertz CT molecular complexity index is 1100. The van der Waals surface area contributed by atoms with Gasteiger partial charge in [-0.2, -0.15) is 4.31 Å². The Morgan fingerprint density at radius 1 is 1.04 bits per heavy atom. The van der Waals surface area contributed by atoms with E-state index < -0.39 is 10.0 Å². The molecular formula is C20H21N3O3S2. The van der Waals surface area contributed by atoms with Crippen LogP contribution in [-0.4, -0.2) is 49.0 Å². The molecule has 0 spiro atoms. The minimum atomic E-state index is -3.49. The van der Waals surface area contributed by atoms with Gasteiger partial charge in [0.2, 0.25) is 10.0 Å². The molecule has 0 unspecified atom stereocenters. The van der Waals surface area contributed by atoms with Crippen LogP contribution in [0.5, 0.6) is 0 Å². The lowest BCUT2D eigenvalue weighted by molar-refractivity contribution is 0.0730. The number of aryl methyl sites for hydroxylation is 1. The first-order valence-electron chi connectivity index (χ1n) is 9.07. The van der Waals surface area contributed by atoms with Crippen molar-refractivity contribution < 1.29 is 13.2 Å². The molecule has 1 saturated heterocycles. The molecule has 1 aliphatic rings. The minimum Gasteiger partial charge on any atom is -0.379 e. The Morgan fingerprint density at radius 2 is 1.75 bits per heavy atom. The summed E-state index contributed by atoms with van der Waals surface area (Å²) in [5.41, 5.74) is 3.55. The average molecular weight is 416 g/mol. The topological polar surface area (TPSA) is 72.4 Å². The summed E-state index contributed by atoms with van der Waals surface area (Å²) in [6.45, 7) is 3.62. The van der Waals surface area contributed by atoms with Gasteiger partial charge >= 0.3 is 0 Å². The van der Waals surface area contributed by atoms with E-state index in [1.54, 1.807) is 30.0 Å². The molecule has 0 atom stereocenters. The molecular weight excluding hydrogens is 394 g/mol. The fourth-order valence-corrected chi connectivity index (χ4v) is 5.47. The largest absolute Gasteiger partial charge is 0.379 e. The summed E-state index contributed by atoms with van der Waals surface area (Å²) in [6, 6.07) is 14.9. The first kappa shape index (κ1) is 19.3. The van der Waals surface area contributed by atoms with Gasteiger partial charge in [0.1, 0.15) is 5.03 Å². The van der Waals surface area contributed by atoms with Crippen molar-refractivity contribution in [3.05, 3.63) is 59.8 Å². The van der Waals surface area contributed by atoms with Crippen molar-refractivity contribution in [1.29, 1.82) is 0 Å². The number of fused-ring (bicyclic) bond motifs is 1. The van der Waals surface area contributed by atoms with Crippen molar-refractivity contribution in [2.45, 2.75) is 22.6 Å². The highest BCUT2D eigenvalue weighted by molar-refractivity contribution is 7.98. The molecule has 4 rings (SSSR count). The van der Waals surface area contributed by atoms with Crippen molar-refractivity contribution >= 4 is 32.8 Å². The van der Waals surface area contributed by atoms with Gasteiger partial charge in [-0.25, -0.2) is 18.4 Å². The summed E-state index contributed by atoms with van der Waals surface area (Å²) in [7, 11) is -3.49. The van der Waals surface area contributed by atoms with E-state index >= 15 is 0 Å². The van der Waals surface area contributed by atoms with E-state index in [4.69, 9.17) is 9.72 Å². The SMILES string of the molecule is Cc1nc2ccccc2nc1SCc1cccc(S(=O)(=O)N2CCOCC2)c1. The number of ether oxygens (including phenoxy) is 1. The number of hydrogen-bond acceptors (Lipinski definition) is 6. The Morgan fingerprint density at radius 3 is 2.50 bits per heavy atom. The Balaban J connectivity index is 1.53. The zero-order valence-electron chi connectivity index (χ0n) is 15.5. The van der Waals surface area contributed by atoms with Gasteiger partial charge < -0.3 is 4.74 Å². The maximum Gasteiger partial charge on any atom is 0.243 e. The Labute approximate surface area is 169 Å². The molecule has 28 heavy (non-hydrogen) atoms. The van der Waals surface area contributed by atoms with Crippen LogP contribution in [0, 0.1) is 6.92 Å². The van der Waals surface area contributed by atoms with E-state index in [0.29, 0.717) is 37.0 Å². The number of nitrogens with zero attached hydrogens (tertiary/aromatic N) is 3. The third-order valence-corrected chi connectivity index (χ3v) is 7.62. The lowest BCUT2D eigenvalue weighted by Gasteiger charge is -2.26. The van der Waals surface area contributed by atoms with E-state index in [0.717, 1.165) is 27.3 Å². The van der Waals surface area contributed by atoms with Gasteiger partial charge in [-0.1, -0.05) is 36.0 Å². The van der Waals surface area contributed by atoms with Crippen LogP contribution in [0.25, 0.3) is 11.0 Å². The molecule has 8 heteroatoms. The number of para-hydroxylation sites is 2. The number of hydrogen-bond donors (Lipinski definition) is 0. The summed E-state index contributed by atoms with van der Waals surface area (Å²) >= 11 is 1.57. The summed E-state index contributed by atoms with van der Waals surface area (Å²) in [4.78, 5) is 9.63. The van der Waals surface area contributed by atoms with Crippen molar-refractivity contribution in [2.75, 3.05) is 26.3 Å². The van der Waals surface area contributed by atoms with E-state index in [2.05, 4.69) is 4.98 Å². The molecule has 3 aromatic rings. The number of sulfonamides is 1. The van der Waals surface area contributed by atoms with Gasteiger partial charge in [0.25, 0.3) is 0 Å². The predicted octanol–water partition coefficient (Wildman–Crippen LogP) is 3.25. The van der Waals surface area contributed by atoms with Crippen LogP contribution in [0.4, 0.5) is 0 Å². The molecule has 1 aromatic heterocycles. The van der Waals surface area contributed by atoms with E-state index in [1.165, 1.54) is 4.31 Å². The van der Waals surface area contributed by atoms with Crippen molar-refractivity contribution in [2.24, 2.45) is 0 Å². The first-order chi connectivity index (χ1) is 13.5. The monoisotopic (exact) mass is 415 g/mol. The molecule has 2 heterocycles. The molecule has 0 radical (unpaired) electrons. The van der Waals surface area contributed by atoms with Crippen molar-refractivity contribution in [1.82, 2.24) is 14.3 Å². The molecule has 0 N–H and O–H groups in total. The summed E-state index contributed by atoms with van der Waals surface area (Å²) in [5, 5.41) is 0.861. The summed E-state index contributed by atoms with van der Waals surface area (Å²) in [6.07, 6.45) is 0. The predicted molar refractivity (Wildman–Crippen MR) is 110 cm³/mol. The molecule has 1 aliphatic heterocycles. The van der Waals surface area contributed by atoms with Crippen LogP contribution in [0.3, 0.4) is 0 Å². The lowest BCUT2D eigenvalue weighted by Crippen LogP contribution is -2.40. The quantitative estimate of drug-likeness (QED) is 0.596. The van der Waals surface area contributed by atoms with Crippen molar-refractivity contribution in [3.8, 4) is 0 Å². The van der Waals surface area contributed by atoms with Crippen LogP contribution >= 0.6 is 11.8 Å². The Hall–Kier alpha value is -2.00. The second-order valence-electron chi connectivity index (χ2n) is 6.56. The first-order valence-corrected chi connectivity index (χ1v) is 11.5. The number of benzene rings is 2. The molecule has 0 bridgehead atoms. The number of aromatic nitrogens is 2. The van der Waals surface area contributed by atoms with Gasteiger partial charge in [0, 0.05) is 18.8 Å². The van der Waals surface area contributed by atoms with Crippen LogP contribution in [0.2, 0.25) is 0 Å². The van der Waals surface area contributed by atoms with Gasteiger partial charge in [-0.15, -0.1) is 0 Å². The summed E-state index contributed by atoms with van der Waals surface area (Å²) < 4.78 is 32.5. The third-order valence-electron chi connectivity index (χ3n) is 4.58. The number of thioether (sulfide) groups is 1. The van der Waals surface area contributed by atoms with E-state index in [9.17, 15) is 8.42 Å². The smallest absolute Gasteiger partial charge is 0.243 e. The van der Waals surface area contributed by atoms with E-state index in [-0.39, 0.29) is 0 Å². The average Bonchev–Trinajstić information content (AvgIpc) is 2.73. The molecule has 6 nitrogen and oxygen atoms in total. The number of rotatable bonds is 5. The van der Waals surface area contributed by atoms with Crippen LogP contribution in [0.15, 0.2) is 58.5 Å². The van der Waals surface area contributed by atoms with Crippen LogP contribution in [-0.2, 0) is 20.5 Å². The van der Waals surface area contributed by atoms with Crippen LogP contribution in [0.1, 0.15) is 11.3 Å². The molecule has 0 aliphatic carbocycles. The third kappa shape index (κ3) is 4.05. The van der Waals surface area contributed by atoms with Gasteiger partial charge in [0.15, 0.2) is 0 Å². The minimum absolute atomic E-state index is 0.328. The maximum absolute atomic E-state index is 12.9. The lowest BCUT2D eigenvalue weighted by atomic mass is 10.2. The zero-order chi connectivity index (χ0) is 19.6. The number of morpholine rings is 1. The zero-order valence-corrected chi connectivity index (χ0v) is 17.2. The maximum atomic E-state index is 12.9. The highest BCUT2D eigenvalue weighted by Crippen LogP contribution is 2.27. The Kier molecular flexibility index (Phi) is 5.63. The highest BCUT2D eigenvalue weighted by atomic mass is 32.2. The second-order valence-corrected chi connectivity index (χ2v) is 9.46. The van der Waals surface area contributed by atoms with Gasteiger partial charge in [-0.3, -0.25) is 0 Å². The normalized spacial score (nSPS) is 15.8. The fraction of sp³-hybridized carbons (Fsp3) is 0.300. The van der Waals surface area contributed by atoms with Gasteiger partial charge in [-0.05, 0) is 36.8 Å². The molecule has 0 saturated carbocycles. The molecule has 0 amide bonds.